The van der Waals surface area contributed by atoms with Crippen LogP contribution in [-0.4, -0.2) is 36.1 Å². The zero-order chi connectivity index (χ0) is 15.6. The molecular formula is C19H21N3S. The lowest BCUT2D eigenvalue weighted by Crippen LogP contribution is -2.45. The summed E-state index contributed by atoms with van der Waals surface area (Å²) in [5, 5.41) is 4.78. The minimum absolute atomic E-state index is 0.259. The van der Waals surface area contributed by atoms with Crippen LogP contribution < -0.4 is 5.32 Å². The van der Waals surface area contributed by atoms with Gasteiger partial charge in [-0.3, -0.25) is 9.88 Å². The van der Waals surface area contributed by atoms with Crippen LogP contribution in [-0.2, 0) is 0 Å². The van der Waals surface area contributed by atoms with Gasteiger partial charge in [0.2, 0.25) is 0 Å². The van der Waals surface area contributed by atoms with E-state index in [0.29, 0.717) is 0 Å². The second kappa shape index (κ2) is 6.40. The van der Waals surface area contributed by atoms with Gasteiger partial charge >= 0.3 is 0 Å². The molecule has 1 saturated heterocycles. The van der Waals surface area contributed by atoms with Gasteiger partial charge in [0, 0.05) is 42.0 Å². The summed E-state index contributed by atoms with van der Waals surface area (Å²) in [7, 11) is 0. The highest BCUT2D eigenvalue weighted by Crippen LogP contribution is 2.36. The highest BCUT2D eigenvalue weighted by Gasteiger charge is 2.26. The molecule has 3 nitrogen and oxygen atoms in total. The fraction of sp³-hybridized carbons (Fsp3) is 0.316. The average molecular weight is 323 g/mol. The number of hydrogen-bond donors (Lipinski definition) is 1. The number of nitrogens with one attached hydrogen (secondary N) is 1. The summed E-state index contributed by atoms with van der Waals surface area (Å²) < 4.78 is 1.36. The van der Waals surface area contributed by atoms with Gasteiger partial charge in [-0.05, 0) is 36.1 Å². The highest BCUT2D eigenvalue weighted by atomic mass is 32.1. The normalized spacial score (nSPS) is 17.4. The fourth-order valence-corrected chi connectivity index (χ4v) is 4.44. The summed E-state index contributed by atoms with van der Waals surface area (Å²) in [5.41, 5.74) is 2.37. The van der Waals surface area contributed by atoms with Crippen LogP contribution in [0.3, 0.4) is 0 Å². The quantitative estimate of drug-likeness (QED) is 0.798. The van der Waals surface area contributed by atoms with Crippen LogP contribution >= 0.6 is 11.3 Å². The highest BCUT2D eigenvalue weighted by molar-refractivity contribution is 7.19. The average Bonchev–Trinajstić information content (AvgIpc) is 3.01. The van der Waals surface area contributed by atoms with Gasteiger partial charge < -0.3 is 5.32 Å². The van der Waals surface area contributed by atoms with E-state index < -0.39 is 0 Å². The molecule has 0 saturated carbocycles. The predicted molar refractivity (Wildman–Crippen MR) is 97.1 cm³/mol. The number of aryl methyl sites for hydroxylation is 1. The Morgan fingerprint density at radius 3 is 2.70 bits per heavy atom. The molecule has 2 aromatic heterocycles. The molecule has 0 aliphatic carbocycles. The Morgan fingerprint density at radius 2 is 1.96 bits per heavy atom. The number of aromatic nitrogens is 1. The molecule has 0 amide bonds. The van der Waals surface area contributed by atoms with Gasteiger partial charge in [0.05, 0.1) is 11.7 Å². The summed E-state index contributed by atoms with van der Waals surface area (Å²) in [6.45, 7) is 6.32. The van der Waals surface area contributed by atoms with Gasteiger partial charge in [-0.2, -0.15) is 0 Å². The lowest BCUT2D eigenvalue weighted by Gasteiger charge is -2.34. The van der Waals surface area contributed by atoms with Crippen molar-refractivity contribution in [3.8, 4) is 0 Å². The third kappa shape index (κ3) is 3.02. The van der Waals surface area contributed by atoms with Crippen molar-refractivity contribution < 1.29 is 0 Å². The first kappa shape index (κ1) is 14.8. The maximum atomic E-state index is 4.74. The Kier molecular flexibility index (Phi) is 4.12. The van der Waals surface area contributed by atoms with Crippen LogP contribution in [0.4, 0.5) is 0 Å². The third-order valence-corrected chi connectivity index (χ3v) is 5.61. The molecule has 23 heavy (non-hydrogen) atoms. The molecule has 0 bridgehead atoms. The van der Waals surface area contributed by atoms with E-state index >= 15 is 0 Å². The maximum Gasteiger partial charge on any atom is 0.0871 e. The van der Waals surface area contributed by atoms with Crippen LogP contribution in [0.25, 0.3) is 10.1 Å². The topological polar surface area (TPSA) is 28.2 Å². The van der Waals surface area contributed by atoms with Gasteiger partial charge in [0.1, 0.15) is 0 Å². The van der Waals surface area contributed by atoms with Crippen molar-refractivity contribution in [3.63, 3.8) is 0 Å². The smallest absolute Gasteiger partial charge is 0.0871 e. The van der Waals surface area contributed by atoms with Crippen molar-refractivity contribution in [2.45, 2.75) is 13.0 Å². The van der Waals surface area contributed by atoms with Crippen molar-refractivity contribution in [3.05, 3.63) is 64.8 Å². The molecule has 118 valence electrons. The van der Waals surface area contributed by atoms with Crippen molar-refractivity contribution in [1.29, 1.82) is 0 Å². The Labute approximate surface area is 141 Å². The maximum absolute atomic E-state index is 4.74. The minimum atomic E-state index is 0.259. The fourth-order valence-electron chi connectivity index (χ4n) is 3.23. The molecular weight excluding hydrogens is 302 g/mol. The minimum Gasteiger partial charge on any atom is -0.314 e. The number of benzene rings is 1. The van der Waals surface area contributed by atoms with Crippen LogP contribution in [0.1, 0.15) is 22.2 Å². The predicted octanol–water partition coefficient (Wildman–Crippen LogP) is 3.60. The van der Waals surface area contributed by atoms with Crippen molar-refractivity contribution in [2.24, 2.45) is 0 Å². The molecule has 3 aromatic rings. The summed E-state index contributed by atoms with van der Waals surface area (Å²) in [5.74, 6) is 0. The molecule has 3 heterocycles. The summed E-state index contributed by atoms with van der Waals surface area (Å²) in [6, 6.07) is 15.6. The van der Waals surface area contributed by atoms with E-state index in [4.69, 9.17) is 4.98 Å². The first-order valence-corrected chi connectivity index (χ1v) is 8.99. The molecule has 4 rings (SSSR count). The first-order valence-electron chi connectivity index (χ1n) is 8.17. The summed E-state index contributed by atoms with van der Waals surface area (Å²) in [6.07, 6.45) is 1.98. The Hall–Kier alpha value is -1.75. The van der Waals surface area contributed by atoms with Crippen LogP contribution in [0.5, 0.6) is 0 Å². The lowest BCUT2D eigenvalue weighted by molar-refractivity contribution is 0.198. The standard InChI is InChI=1S/C19H21N3S/c1-14-6-7-16(21-13-14)19(22-10-8-20-9-11-22)18-12-15-4-2-3-5-17(15)23-18/h2-7,12-13,19-20H,8-11H2,1H3. The molecule has 1 atom stereocenters. The Balaban J connectivity index is 1.78. The molecule has 1 aromatic carbocycles. The van der Waals surface area contributed by atoms with E-state index in [2.05, 4.69) is 59.6 Å². The zero-order valence-electron chi connectivity index (χ0n) is 13.3. The lowest BCUT2D eigenvalue weighted by atomic mass is 10.1. The second-order valence-electron chi connectivity index (χ2n) is 6.14. The molecule has 0 spiro atoms. The van der Waals surface area contributed by atoms with E-state index in [1.807, 2.05) is 17.5 Å². The van der Waals surface area contributed by atoms with Gasteiger partial charge in [-0.15, -0.1) is 11.3 Å². The summed E-state index contributed by atoms with van der Waals surface area (Å²) >= 11 is 1.90. The number of fused-ring (bicyclic) bond motifs is 1. The number of thiophene rings is 1. The molecule has 1 unspecified atom stereocenters. The summed E-state index contributed by atoms with van der Waals surface area (Å²) in [4.78, 5) is 8.69. The Bertz CT molecular complexity index is 755. The number of hydrogen-bond acceptors (Lipinski definition) is 4. The van der Waals surface area contributed by atoms with Crippen molar-refractivity contribution in [1.82, 2.24) is 15.2 Å². The van der Waals surface area contributed by atoms with Crippen LogP contribution in [0.15, 0.2) is 48.7 Å². The number of pyridine rings is 1. The number of nitrogens with zero attached hydrogens (tertiary/aromatic N) is 2. The van der Waals surface area contributed by atoms with Gasteiger partial charge in [-0.25, -0.2) is 0 Å². The van der Waals surface area contributed by atoms with E-state index in [9.17, 15) is 0 Å². The second-order valence-corrected chi connectivity index (χ2v) is 7.25. The molecule has 1 fully saturated rings. The van der Waals surface area contributed by atoms with E-state index in [1.165, 1.54) is 20.5 Å². The van der Waals surface area contributed by atoms with E-state index in [1.54, 1.807) is 0 Å². The first-order chi connectivity index (χ1) is 11.3. The SMILES string of the molecule is Cc1ccc(C(c2cc3ccccc3s2)N2CCNCC2)nc1. The van der Waals surface area contributed by atoms with Crippen LogP contribution in [0, 0.1) is 6.92 Å². The zero-order valence-corrected chi connectivity index (χ0v) is 14.1. The van der Waals surface area contributed by atoms with Gasteiger partial charge in [0.25, 0.3) is 0 Å². The molecule has 1 N–H and O–H groups in total. The van der Waals surface area contributed by atoms with Crippen molar-refractivity contribution in [2.75, 3.05) is 26.2 Å². The van der Waals surface area contributed by atoms with Gasteiger partial charge in [-0.1, -0.05) is 24.3 Å². The monoisotopic (exact) mass is 323 g/mol. The molecule has 1 aliphatic rings. The number of rotatable bonds is 3. The van der Waals surface area contributed by atoms with Crippen LogP contribution in [0.2, 0.25) is 0 Å². The van der Waals surface area contributed by atoms with Crippen molar-refractivity contribution >= 4 is 21.4 Å². The van der Waals surface area contributed by atoms with E-state index in [-0.39, 0.29) is 6.04 Å². The molecule has 4 heteroatoms. The Morgan fingerprint density at radius 1 is 1.13 bits per heavy atom. The third-order valence-electron chi connectivity index (χ3n) is 4.45. The molecule has 0 radical (unpaired) electrons. The molecule has 1 aliphatic heterocycles. The van der Waals surface area contributed by atoms with E-state index in [0.717, 1.165) is 31.9 Å². The van der Waals surface area contributed by atoms with Gasteiger partial charge in [0.15, 0.2) is 0 Å². The number of piperazine rings is 1. The largest absolute Gasteiger partial charge is 0.314 e.